The van der Waals surface area contributed by atoms with Crippen molar-refractivity contribution in [1.82, 2.24) is 4.98 Å². The van der Waals surface area contributed by atoms with Gasteiger partial charge in [0.15, 0.2) is 0 Å². The van der Waals surface area contributed by atoms with Gasteiger partial charge in [-0.1, -0.05) is 0 Å². The number of esters is 1. The summed E-state index contributed by atoms with van der Waals surface area (Å²) in [5, 5.41) is 0. The zero-order valence-corrected chi connectivity index (χ0v) is 9.37. The summed E-state index contributed by atoms with van der Waals surface area (Å²) >= 11 is 3.35. The lowest BCUT2D eigenvalue weighted by atomic mass is 10.0. The monoisotopic (exact) mass is 255 g/mol. The Balaban J connectivity index is 2.38. The molecule has 1 aromatic rings. The SMILES string of the molecule is COC(=O)C1CCc2ncc(Br)cc21. The molecule has 0 N–H and O–H groups in total. The first-order valence-electron chi connectivity index (χ1n) is 4.44. The molecule has 0 spiro atoms. The molecule has 0 fully saturated rings. The van der Waals surface area contributed by atoms with Crippen LogP contribution in [-0.4, -0.2) is 18.1 Å². The summed E-state index contributed by atoms with van der Waals surface area (Å²) in [5.41, 5.74) is 2.02. The van der Waals surface area contributed by atoms with E-state index in [0.717, 1.165) is 28.6 Å². The van der Waals surface area contributed by atoms with Crippen LogP contribution in [0.1, 0.15) is 23.6 Å². The highest BCUT2D eigenvalue weighted by atomic mass is 79.9. The number of aryl methyl sites for hydroxylation is 1. The number of ether oxygens (including phenoxy) is 1. The second-order valence-corrected chi connectivity index (χ2v) is 4.22. The van der Waals surface area contributed by atoms with Crippen LogP contribution in [0, 0.1) is 0 Å². The van der Waals surface area contributed by atoms with Gasteiger partial charge in [-0.2, -0.15) is 0 Å². The highest BCUT2D eigenvalue weighted by Gasteiger charge is 2.30. The van der Waals surface area contributed by atoms with Crippen molar-refractivity contribution >= 4 is 21.9 Å². The molecule has 0 bridgehead atoms. The number of hydrogen-bond acceptors (Lipinski definition) is 3. The standard InChI is InChI=1S/C10H10BrNO2/c1-14-10(13)7-2-3-9-8(7)4-6(11)5-12-9/h4-5,7H,2-3H2,1H3. The molecule has 0 saturated heterocycles. The number of pyridine rings is 1. The minimum Gasteiger partial charge on any atom is -0.469 e. The molecule has 1 aliphatic rings. The second kappa shape index (κ2) is 3.69. The van der Waals surface area contributed by atoms with Crippen LogP contribution in [0.3, 0.4) is 0 Å². The lowest BCUT2D eigenvalue weighted by Crippen LogP contribution is -2.11. The maximum Gasteiger partial charge on any atom is 0.313 e. The number of nitrogens with zero attached hydrogens (tertiary/aromatic N) is 1. The molecule has 1 atom stereocenters. The van der Waals surface area contributed by atoms with Crippen LogP contribution in [-0.2, 0) is 16.0 Å². The Morgan fingerprint density at radius 3 is 3.21 bits per heavy atom. The largest absolute Gasteiger partial charge is 0.469 e. The average Bonchev–Trinajstić information content (AvgIpc) is 2.59. The quantitative estimate of drug-likeness (QED) is 0.722. The maximum atomic E-state index is 11.4. The number of fused-ring (bicyclic) bond motifs is 1. The van der Waals surface area contributed by atoms with E-state index in [1.165, 1.54) is 7.11 Å². The van der Waals surface area contributed by atoms with Gasteiger partial charge in [0, 0.05) is 16.4 Å². The van der Waals surface area contributed by atoms with Crippen LogP contribution >= 0.6 is 15.9 Å². The summed E-state index contributed by atoms with van der Waals surface area (Å²) in [6.45, 7) is 0. The van der Waals surface area contributed by atoms with Gasteiger partial charge in [-0.15, -0.1) is 0 Å². The number of hydrogen-bond donors (Lipinski definition) is 0. The van der Waals surface area contributed by atoms with Crippen LogP contribution < -0.4 is 0 Å². The number of methoxy groups -OCH3 is 1. The molecule has 1 aromatic heterocycles. The van der Waals surface area contributed by atoms with Crippen LogP contribution in [0.4, 0.5) is 0 Å². The predicted octanol–water partition coefficient (Wildman–Crippen LogP) is 2.05. The van der Waals surface area contributed by atoms with Crippen LogP contribution in [0.5, 0.6) is 0 Å². The second-order valence-electron chi connectivity index (χ2n) is 3.30. The van der Waals surface area contributed by atoms with Crippen molar-refractivity contribution in [1.29, 1.82) is 0 Å². The molecule has 1 heterocycles. The van der Waals surface area contributed by atoms with E-state index in [1.807, 2.05) is 6.07 Å². The summed E-state index contributed by atoms with van der Waals surface area (Å²) < 4.78 is 5.66. The maximum absolute atomic E-state index is 11.4. The fourth-order valence-corrected chi connectivity index (χ4v) is 2.17. The Kier molecular flexibility index (Phi) is 2.54. The van der Waals surface area contributed by atoms with Crippen molar-refractivity contribution in [3.63, 3.8) is 0 Å². The molecule has 0 radical (unpaired) electrons. The number of aromatic nitrogens is 1. The Labute approximate surface area is 90.6 Å². The van der Waals surface area contributed by atoms with E-state index in [1.54, 1.807) is 6.20 Å². The van der Waals surface area contributed by atoms with Gasteiger partial charge in [0.1, 0.15) is 0 Å². The molecule has 0 aliphatic heterocycles. The van der Waals surface area contributed by atoms with E-state index in [2.05, 4.69) is 20.9 Å². The van der Waals surface area contributed by atoms with Gasteiger partial charge in [0.2, 0.25) is 0 Å². The van der Waals surface area contributed by atoms with Gasteiger partial charge in [0.25, 0.3) is 0 Å². The zero-order valence-electron chi connectivity index (χ0n) is 7.79. The van der Waals surface area contributed by atoms with Gasteiger partial charge in [0.05, 0.1) is 13.0 Å². The summed E-state index contributed by atoms with van der Waals surface area (Å²) in [7, 11) is 1.42. The highest BCUT2D eigenvalue weighted by Crippen LogP contribution is 2.33. The average molecular weight is 256 g/mol. The molecule has 2 rings (SSSR count). The first-order valence-corrected chi connectivity index (χ1v) is 5.24. The first-order chi connectivity index (χ1) is 6.72. The van der Waals surface area contributed by atoms with Crippen LogP contribution in [0.25, 0.3) is 0 Å². The Hall–Kier alpha value is -0.900. The third-order valence-electron chi connectivity index (χ3n) is 2.50. The number of carbonyl (C=O) groups excluding carboxylic acids is 1. The first kappa shape index (κ1) is 9.65. The minimum atomic E-state index is -0.163. The molecule has 0 amide bonds. The summed E-state index contributed by atoms with van der Waals surface area (Å²) in [6, 6.07) is 1.96. The normalized spacial score (nSPS) is 19.1. The van der Waals surface area contributed by atoms with Crippen molar-refractivity contribution in [3.05, 3.63) is 28.0 Å². The third kappa shape index (κ3) is 1.54. The zero-order chi connectivity index (χ0) is 10.1. The number of rotatable bonds is 1. The molecule has 74 valence electrons. The summed E-state index contributed by atoms with van der Waals surface area (Å²) in [6.07, 6.45) is 3.44. The van der Waals surface area contributed by atoms with Crippen molar-refractivity contribution in [2.45, 2.75) is 18.8 Å². The summed E-state index contributed by atoms with van der Waals surface area (Å²) in [5.74, 6) is -0.288. The Morgan fingerprint density at radius 1 is 1.71 bits per heavy atom. The van der Waals surface area contributed by atoms with Crippen LogP contribution in [0.2, 0.25) is 0 Å². The van der Waals surface area contributed by atoms with Crippen molar-refractivity contribution in [2.75, 3.05) is 7.11 Å². The molecule has 14 heavy (non-hydrogen) atoms. The van der Waals surface area contributed by atoms with Crippen molar-refractivity contribution in [2.24, 2.45) is 0 Å². The Bertz CT molecular complexity index is 378. The lowest BCUT2D eigenvalue weighted by Gasteiger charge is -2.08. The lowest BCUT2D eigenvalue weighted by molar-refractivity contribution is -0.142. The van der Waals surface area contributed by atoms with E-state index >= 15 is 0 Å². The van der Waals surface area contributed by atoms with Gasteiger partial charge in [-0.25, -0.2) is 0 Å². The molecular formula is C10H10BrNO2. The van der Waals surface area contributed by atoms with Gasteiger partial charge in [-0.3, -0.25) is 9.78 Å². The fraction of sp³-hybridized carbons (Fsp3) is 0.400. The smallest absolute Gasteiger partial charge is 0.313 e. The van der Waals surface area contributed by atoms with Gasteiger partial charge < -0.3 is 4.74 Å². The van der Waals surface area contributed by atoms with Crippen LogP contribution in [0.15, 0.2) is 16.7 Å². The predicted molar refractivity (Wildman–Crippen MR) is 55.0 cm³/mol. The number of halogens is 1. The van der Waals surface area contributed by atoms with Gasteiger partial charge in [-0.05, 0) is 40.4 Å². The molecule has 1 unspecified atom stereocenters. The molecule has 0 aromatic carbocycles. The molecular weight excluding hydrogens is 246 g/mol. The Morgan fingerprint density at radius 2 is 2.50 bits per heavy atom. The van der Waals surface area contributed by atoms with Crippen molar-refractivity contribution < 1.29 is 9.53 Å². The van der Waals surface area contributed by atoms with E-state index in [9.17, 15) is 4.79 Å². The minimum absolute atomic E-state index is 0.125. The summed E-state index contributed by atoms with van der Waals surface area (Å²) in [4.78, 5) is 15.7. The molecule has 4 heteroatoms. The highest BCUT2D eigenvalue weighted by molar-refractivity contribution is 9.10. The van der Waals surface area contributed by atoms with Crippen molar-refractivity contribution in [3.8, 4) is 0 Å². The molecule has 3 nitrogen and oxygen atoms in total. The van der Waals surface area contributed by atoms with Gasteiger partial charge >= 0.3 is 5.97 Å². The topological polar surface area (TPSA) is 39.2 Å². The molecule has 0 saturated carbocycles. The molecule has 1 aliphatic carbocycles. The third-order valence-corrected chi connectivity index (χ3v) is 2.93. The van der Waals surface area contributed by atoms with E-state index in [-0.39, 0.29) is 11.9 Å². The van der Waals surface area contributed by atoms with E-state index in [0.29, 0.717) is 0 Å². The van der Waals surface area contributed by atoms with E-state index in [4.69, 9.17) is 4.74 Å². The van der Waals surface area contributed by atoms with E-state index < -0.39 is 0 Å². The fourth-order valence-electron chi connectivity index (χ4n) is 1.82. The number of carbonyl (C=O) groups is 1.